The number of rotatable bonds is 1. The maximum Gasteiger partial charge on any atom is 0.113 e. The first kappa shape index (κ1) is 8.54. The molecule has 2 heteroatoms. The lowest BCUT2D eigenvalue weighted by Gasteiger charge is -2.16. The summed E-state index contributed by atoms with van der Waals surface area (Å²) in [4.78, 5) is 2.44. The van der Waals surface area contributed by atoms with Crippen LogP contribution >= 0.6 is 0 Å². The Balaban J connectivity index is 1.93. The van der Waals surface area contributed by atoms with Crippen LogP contribution in [0.5, 0.6) is 0 Å². The fourth-order valence-electron chi connectivity index (χ4n) is 3.00. The summed E-state index contributed by atoms with van der Waals surface area (Å²) >= 11 is 0. The number of hydrogen-bond donors (Lipinski definition) is 0. The van der Waals surface area contributed by atoms with E-state index in [0.717, 1.165) is 11.4 Å². The van der Waals surface area contributed by atoms with Gasteiger partial charge in [-0.2, -0.15) is 0 Å². The molecule has 70 valence electrons. The van der Waals surface area contributed by atoms with Crippen molar-refractivity contribution in [1.82, 2.24) is 4.90 Å². The Labute approximate surface area is 86.5 Å². The first-order chi connectivity index (χ1) is 6.71. The van der Waals surface area contributed by atoms with Gasteiger partial charge in [0.2, 0.25) is 0 Å². The molecule has 1 unspecified atom stereocenters. The summed E-state index contributed by atoms with van der Waals surface area (Å²) in [6.45, 7) is 2.49. The normalized spacial score (nSPS) is 35.6. The van der Waals surface area contributed by atoms with Gasteiger partial charge in [-0.3, -0.25) is 0 Å². The Morgan fingerprint density at radius 3 is 2.64 bits per heavy atom. The molecule has 1 aromatic rings. The van der Waals surface area contributed by atoms with Gasteiger partial charge in [-0.1, -0.05) is 29.7 Å². The molecular weight excluding hydrogens is 169 g/mol. The Morgan fingerprint density at radius 2 is 2.07 bits per heavy atom. The molecular formula is C12H14BN. The van der Waals surface area contributed by atoms with Crippen LogP contribution in [0.3, 0.4) is 0 Å². The van der Waals surface area contributed by atoms with E-state index in [2.05, 4.69) is 24.1 Å². The second-order valence-corrected chi connectivity index (χ2v) is 4.88. The molecule has 1 heterocycles. The zero-order chi connectivity index (χ0) is 9.76. The maximum atomic E-state index is 5.70. The molecule has 14 heavy (non-hydrogen) atoms. The molecule has 2 aliphatic rings. The predicted octanol–water partition coefficient (Wildman–Crippen LogP) is 0.683. The van der Waals surface area contributed by atoms with E-state index in [1.54, 1.807) is 0 Å². The van der Waals surface area contributed by atoms with Crippen molar-refractivity contribution in [3.05, 3.63) is 29.8 Å². The minimum Gasteiger partial charge on any atom is -0.305 e. The fraction of sp³-hybridized carbons (Fsp3) is 0.500. The minimum atomic E-state index is 0.489. The summed E-state index contributed by atoms with van der Waals surface area (Å²) in [5.74, 6) is 0.899. The Kier molecular flexibility index (Phi) is 1.61. The van der Waals surface area contributed by atoms with E-state index in [1.165, 1.54) is 25.1 Å². The standard InChI is InChI=1S/C12H14BN/c1-14-7-10-6-12(10,8-14)9-2-4-11(13)5-3-9/h2-5,10H,6-8H2,1H3/t10-,12?/m1/s1. The molecule has 0 spiro atoms. The van der Waals surface area contributed by atoms with Gasteiger partial charge in [0.1, 0.15) is 7.85 Å². The van der Waals surface area contributed by atoms with Gasteiger partial charge >= 0.3 is 0 Å². The van der Waals surface area contributed by atoms with Crippen molar-refractivity contribution in [2.24, 2.45) is 5.92 Å². The van der Waals surface area contributed by atoms with Gasteiger partial charge in [-0.25, -0.2) is 0 Å². The van der Waals surface area contributed by atoms with Crippen molar-refractivity contribution in [2.45, 2.75) is 11.8 Å². The third kappa shape index (κ3) is 1.07. The van der Waals surface area contributed by atoms with Crippen LogP contribution in [0.2, 0.25) is 0 Å². The van der Waals surface area contributed by atoms with Crippen molar-refractivity contribution in [3.8, 4) is 0 Å². The van der Waals surface area contributed by atoms with Crippen LogP contribution in [0, 0.1) is 5.92 Å². The minimum absolute atomic E-state index is 0.489. The van der Waals surface area contributed by atoms with E-state index in [0.29, 0.717) is 5.41 Å². The van der Waals surface area contributed by atoms with E-state index in [1.807, 2.05) is 12.1 Å². The first-order valence-corrected chi connectivity index (χ1v) is 5.25. The van der Waals surface area contributed by atoms with Gasteiger partial charge in [0.05, 0.1) is 0 Å². The van der Waals surface area contributed by atoms with Crippen molar-refractivity contribution in [1.29, 1.82) is 0 Å². The van der Waals surface area contributed by atoms with E-state index in [-0.39, 0.29) is 0 Å². The van der Waals surface area contributed by atoms with E-state index < -0.39 is 0 Å². The van der Waals surface area contributed by atoms with Gasteiger partial charge in [0.25, 0.3) is 0 Å². The fourth-order valence-corrected chi connectivity index (χ4v) is 3.00. The van der Waals surface area contributed by atoms with Crippen LogP contribution in [0.25, 0.3) is 0 Å². The van der Waals surface area contributed by atoms with Crippen LogP contribution in [0.1, 0.15) is 12.0 Å². The number of likely N-dealkylation sites (N-methyl/N-ethyl adjacent to an activating group) is 1. The summed E-state index contributed by atoms with van der Waals surface area (Å²) in [6.07, 6.45) is 1.38. The molecule has 3 rings (SSSR count). The van der Waals surface area contributed by atoms with Gasteiger partial charge in [0.15, 0.2) is 0 Å². The summed E-state index contributed by atoms with van der Waals surface area (Å²) in [5.41, 5.74) is 2.84. The highest BCUT2D eigenvalue weighted by atomic mass is 15.2. The van der Waals surface area contributed by atoms with Crippen LogP contribution in [0.4, 0.5) is 0 Å². The van der Waals surface area contributed by atoms with Gasteiger partial charge in [-0.05, 0) is 24.9 Å². The molecule has 1 nitrogen and oxygen atoms in total. The molecule has 1 aliphatic heterocycles. The average molecular weight is 183 g/mol. The summed E-state index contributed by atoms with van der Waals surface area (Å²) in [7, 11) is 7.91. The van der Waals surface area contributed by atoms with Crippen LogP contribution in [-0.2, 0) is 5.41 Å². The van der Waals surface area contributed by atoms with Gasteiger partial charge in [-0.15, -0.1) is 0 Å². The number of hydrogen-bond acceptors (Lipinski definition) is 1. The molecule has 0 aromatic heterocycles. The number of piperidine rings is 1. The molecule has 1 saturated carbocycles. The second kappa shape index (κ2) is 2.63. The lowest BCUT2D eigenvalue weighted by molar-refractivity contribution is 0.363. The number of nitrogens with zero attached hydrogens (tertiary/aromatic N) is 1. The Morgan fingerprint density at radius 1 is 1.36 bits per heavy atom. The van der Waals surface area contributed by atoms with Crippen molar-refractivity contribution >= 4 is 13.3 Å². The monoisotopic (exact) mass is 183 g/mol. The van der Waals surface area contributed by atoms with Gasteiger partial charge < -0.3 is 4.90 Å². The van der Waals surface area contributed by atoms with E-state index >= 15 is 0 Å². The third-order valence-electron chi connectivity index (χ3n) is 3.80. The van der Waals surface area contributed by atoms with Crippen molar-refractivity contribution in [3.63, 3.8) is 0 Å². The molecule has 1 aliphatic carbocycles. The first-order valence-electron chi connectivity index (χ1n) is 5.25. The zero-order valence-electron chi connectivity index (χ0n) is 8.53. The average Bonchev–Trinajstić information content (AvgIpc) is 2.71. The number of fused-ring (bicyclic) bond motifs is 1. The third-order valence-corrected chi connectivity index (χ3v) is 3.80. The molecule has 0 amide bonds. The van der Waals surface area contributed by atoms with E-state index in [4.69, 9.17) is 7.85 Å². The van der Waals surface area contributed by atoms with Gasteiger partial charge in [0, 0.05) is 18.5 Å². The van der Waals surface area contributed by atoms with Crippen molar-refractivity contribution < 1.29 is 0 Å². The molecule has 2 fully saturated rings. The summed E-state index contributed by atoms with van der Waals surface area (Å²) in [5, 5.41) is 0. The van der Waals surface area contributed by atoms with Crippen LogP contribution < -0.4 is 5.46 Å². The summed E-state index contributed by atoms with van der Waals surface area (Å²) < 4.78 is 0. The largest absolute Gasteiger partial charge is 0.305 e. The van der Waals surface area contributed by atoms with Crippen molar-refractivity contribution in [2.75, 3.05) is 20.1 Å². The van der Waals surface area contributed by atoms with Crippen LogP contribution in [0.15, 0.2) is 24.3 Å². The molecule has 0 bridgehead atoms. The van der Waals surface area contributed by atoms with E-state index in [9.17, 15) is 0 Å². The maximum absolute atomic E-state index is 5.70. The predicted molar refractivity (Wildman–Crippen MR) is 59.1 cm³/mol. The highest BCUT2D eigenvalue weighted by Gasteiger charge is 2.59. The molecule has 0 N–H and O–H groups in total. The lowest BCUT2D eigenvalue weighted by atomic mass is 9.89. The topological polar surface area (TPSA) is 3.24 Å². The SMILES string of the molecule is [B]c1ccc(C23C[C@@H]2CN(C)C3)cc1. The molecule has 1 aromatic carbocycles. The zero-order valence-corrected chi connectivity index (χ0v) is 8.53. The number of benzene rings is 1. The Hall–Kier alpha value is -0.755. The number of likely N-dealkylation sites (tertiary alicyclic amines) is 1. The molecule has 1 saturated heterocycles. The second-order valence-electron chi connectivity index (χ2n) is 4.88. The summed E-state index contributed by atoms with van der Waals surface area (Å²) in [6, 6.07) is 8.46. The highest BCUT2D eigenvalue weighted by Crippen LogP contribution is 2.58. The molecule has 2 atom stereocenters. The smallest absolute Gasteiger partial charge is 0.113 e. The van der Waals surface area contributed by atoms with Crippen LogP contribution in [-0.4, -0.2) is 32.9 Å². The Bertz CT molecular complexity index is 359. The lowest BCUT2D eigenvalue weighted by Crippen LogP contribution is -2.22. The molecule has 2 radical (unpaired) electrons. The highest BCUT2D eigenvalue weighted by molar-refractivity contribution is 6.32. The quantitative estimate of drug-likeness (QED) is 0.579.